The molecule has 1 nitrogen and oxygen atoms in total. The zero-order valence-electron chi connectivity index (χ0n) is 10.9. The minimum Gasteiger partial charge on any atom is -0.317 e. The summed E-state index contributed by atoms with van der Waals surface area (Å²) < 4.78 is 0. The van der Waals surface area contributed by atoms with Gasteiger partial charge in [0, 0.05) is 15.8 Å². The molecule has 0 aliphatic rings. The fourth-order valence-electron chi connectivity index (χ4n) is 1.82. The Morgan fingerprint density at radius 2 is 1.67 bits per heavy atom. The van der Waals surface area contributed by atoms with Gasteiger partial charge in [-0.2, -0.15) is 0 Å². The van der Waals surface area contributed by atoms with Crippen LogP contribution in [0.1, 0.15) is 12.5 Å². The molecule has 0 spiro atoms. The van der Waals surface area contributed by atoms with Crippen LogP contribution in [0.3, 0.4) is 0 Å². The van der Waals surface area contributed by atoms with Crippen molar-refractivity contribution in [1.82, 2.24) is 5.32 Å². The fourth-order valence-corrected chi connectivity index (χ4v) is 2.80. The summed E-state index contributed by atoms with van der Waals surface area (Å²) in [6.07, 6.45) is 1.06. The molecule has 2 aromatic carbocycles. The molecule has 1 N–H and O–H groups in total. The van der Waals surface area contributed by atoms with E-state index in [1.165, 1.54) is 15.4 Å². The lowest BCUT2D eigenvalue weighted by Gasteiger charge is -2.13. The second kappa shape index (κ2) is 6.62. The van der Waals surface area contributed by atoms with Gasteiger partial charge < -0.3 is 5.32 Å². The maximum absolute atomic E-state index is 3.30. The molecule has 2 aromatic rings. The van der Waals surface area contributed by atoms with Crippen molar-refractivity contribution >= 4 is 11.8 Å². The van der Waals surface area contributed by atoms with Crippen molar-refractivity contribution in [3.05, 3.63) is 60.2 Å². The minimum absolute atomic E-state index is 0.502. The van der Waals surface area contributed by atoms with E-state index in [-0.39, 0.29) is 0 Å². The highest BCUT2D eigenvalue weighted by Crippen LogP contribution is 2.30. The number of rotatable bonds is 5. The van der Waals surface area contributed by atoms with Gasteiger partial charge in [0.15, 0.2) is 0 Å². The summed E-state index contributed by atoms with van der Waals surface area (Å²) in [6, 6.07) is 19.7. The standard InChI is InChI=1S/C16H19NS/c1-13(17-2)12-14-8-6-7-11-16(14)18-15-9-4-3-5-10-15/h3-11,13,17H,12H2,1-2H3. The number of hydrogen-bond acceptors (Lipinski definition) is 2. The fraction of sp³-hybridized carbons (Fsp3) is 0.250. The molecule has 0 aliphatic carbocycles. The van der Waals surface area contributed by atoms with E-state index in [9.17, 15) is 0 Å². The van der Waals surface area contributed by atoms with Gasteiger partial charge in [0.25, 0.3) is 0 Å². The highest BCUT2D eigenvalue weighted by atomic mass is 32.2. The van der Waals surface area contributed by atoms with Crippen LogP contribution in [0.4, 0.5) is 0 Å². The summed E-state index contributed by atoms with van der Waals surface area (Å²) in [6.45, 7) is 2.21. The predicted molar refractivity (Wildman–Crippen MR) is 79.2 cm³/mol. The molecule has 0 saturated carbocycles. The van der Waals surface area contributed by atoms with Crippen LogP contribution in [0.25, 0.3) is 0 Å². The van der Waals surface area contributed by atoms with Crippen LogP contribution >= 0.6 is 11.8 Å². The summed E-state index contributed by atoms with van der Waals surface area (Å²) in [5.41, 5.74) is 1.41. The van der Waals surface area contributed by atoms with Crippen molar-refractivity contribution in [2.75, 3.05) is 7.05 Å². The first-order valence-electron chi connectivity index (χ1n) is 6.27. The Kier molecular flexibility index (Phi) is 4.85. The van der Waals surface area contributed by atoms with E-state index in [2.05, 4.69) is 66.8 Å². The molecular formula is C16H19NS. The van der Waals surface area contributed by atoms with Crippen LogP contribution in [-0.4, -0.2) is 13.1 Å². The van der Waals surface area contributed by atoms with Crippen molar-refractivity contribution < 1.29 is 0 Å². The van der Waals surface area contributed by atoms with Gasteiger partial charge >= 0.3 is 0 Å². The second-order valence-corrected chi connectivity index (χ2v) is 5.53. The summed E-state index contributed by atoms with van der Waals surface area (Å²) in [5.74, 6) is 0. The van der Waals surface area contributed by atoms with E-state index >= 15 is 0 Å². The Morgan fingerprint density at radius 1 is 1.00 bits per heavy atom. The number of nitrogens with one attached hydrogen (secondary N) is 1. The lowest BCUT2D eigenvalue weighted by atomic mass is 10.1. The second-order valence-electron chi connectivity index (χ2n) is 4.42. The van der Waals surface area contributed by atoms with E-state index in [0.717, 1.165) is 6.42 Å². The van der Waals surface area contributed by atoms with Crippen LogP contribution in [-0.2, 0) is 6.42 Å². The Hall–Kier alpha value is -1.25. The molecule has 0 radical (unpaired) electrons. The van der Waals surface area contributed by atoms with Crippen LogP contribution in [0.15, 0.2) is 64.4 Å². The number of likely N-dealkylation sites (N-methyl/N-ethyl adjacent to an activating group) is 1. The van der Waals surface area contributed by atoms with E-state index in [4.69, 9.17) is 0 Å². The van der Waals surface area contributed by atoms with Gasteiger partial charge in [-0.25, -0.2) is 0 Å². The molecule has 0 aromatic heterocycles. The lowest BCUT2D eigenvalue weighted by Crippen LogP contribution is -2.23. The maximum atomic E-state index is 3.30. The molecule has 0 aliphatic heterocycles. The molecule has 94 valence electrons. The molecule has 18 heavy (non-hydrogen) atoms. The first kappa shape index (κ1) is 13.2. The van der Waals surface area contributed by atoms with E-state index in [0.29, 0.717) is 6.04 Å². The van der Waals surface area contributed by atoms with E-state index < -0.39 is 0 Å². The molecule has 1 atom stereocenters. The van der Waals surface area contributed by atoms with E-state index in [1.807, 2.05) is 18.8 Å². The van der Waals surface area contributed by atoms with Gasteiger partial charge in [-0.1, -0.05) is 48.2 Å². The Morgan fingerprint density at radius 3 is 2.39 bits per heavy atom. The smallest absolute Gasteiger partial charge is 0.0154 e. The summed E-state index contributed by atoms with van der Waals surface area (Å²) in [7, 11) is 2.01. The van der Waals surface area contributed by atoms with Crippen molar-refractivity contribution in [3.63, 3.8) is 0 Å². The van der Waals surface area contributed by atoms with Crippen molar-refractivity contribution in [2.45, 2.75) is 29.2 Å². The molecule has 0 heterocycles. The van der Waals surface area contributed by atoms with Crippen molar-refractivity contribution in [2.24, 2.45) is 0 Å². The Balaban J connectivity index is 2.17. The number of benzene rings is 2. The third-order valence-electron chi connectivity index (χ3n) is 2.96. The van der Waals surface area contributed by atoms with Crippen LogP contribution in [0.5, 0.6) is 0 Å². The molecule has 0 amide bonds. The highest BCUT2D eigenvalue weighted by molar-refractivity contribution is 7.99. The normalized spacial score (nSPS) is 12.3. The van der Waals surface area contributed by atoms with Crippen LogP contribution in [0.2, 0.25) is 0 Å². The largest absolute Gasteiger partial charge is 0.317 e. The summed E-state index contributed by atoms with van der Waals surface area (Å²) in [5, 5.41) is 3.30. The maximum Gasteiger partial charge on any atom is 0.0154 e. The average Bonchev–Trinajstić information content (AvgIpc) is 2.42. The lowest BCUT2D eigenvalue weighted by molar-refractivity contribution is 0.604. The van der Waals surface area contributed by atoms with Gasteiger partial charge in [-0.3, -0.25) is 0 Å². The highest BCUT2D eigenvalue weighted by Gasteiger charge is 2.06. The SMILES string of the molecule is CNC(C)Cc1ccccc1Sc1ccccc1. The van der Waals surface area contributed by atoms with Gasteiger partial charge in [0.05, 0.1) is 0 Å². The van der Waals surface area contributed by atoms with Crippen molar-refractivity contribution in [1.29, 1.82) is 0 Å². The molecule has 2 heteroatoms. The average molecular weight is 257 g/mol. The summed E-state index contributed by atoms with van der Waals surface area (Å²) >= 11 is 1.84. The molecule has 1 unspecified atom stereocenters. The zero-order chi connectivity index (χ0) is 12.8. The van der Waals surface area contributed by atoms with E-state index in [1.54, 1.807) is 0 Å². The first-order valence-corrected chi connectivity index (χ1v) is 7.09. The molecule has 2 rings (SSSR count). The van der Waals surface area contributed by atoms with Gasteiger partial charge in [0.2, 0.25) is 0 Å². The molecular weight excluding hydrogens is 238 g/mol. The van der Waals surface area contributed by atoms with Gasteiger partial charge in [-0.15, -0.1) is 0 Å². The Labute approximate surface area is 114 Å². The molecule has 0 fully saturated rings. The Bertz CT molecular complexity index is 481. The quantitative estimate of drug-likeness (QED) is 0.869. The summed E-state index contributed by atoms with van der Waals surface area (Å²) in [4.78, 5) is 2.65. The van der Waals surface area contributed by atoms with Gasteiger partial charge in [-0.05, 0) is 44.2 Å². The monoisotopic (exact) mass is 257 g/mol. The van der Waals surface area contributed by atoms with Gasteiger partial charge in [0.1, 0.15) is 0 Å². The zero-order valence-corrected chi connectivity index (χ0v) is 11.7. The first-order chi connectivity index (χ1) is 8.79. The van der Waals surface area contributed by atoms with Crippen molar-refractivity contribution in [3.8, 4) is 0 Å². The molecule has 0 saturated heterocycles. The third kappa shape index (κ3) is 3.62. The van der Waals surface area contributed by atoms with Crippen LogP contribution < -0.4 is 5.32 Å². The number of hydrogen-bond donors (Lipinski definition) is 1. The van der Waals surface area contributed by atoms with Crippen LogP contribution in [0, 0.1) is 0 Å². The predicted octanol–water partition coefficient (Wildman–Crippen LogP) is 3.99. The third-order valence-corrected chi connectivity index (χ3v) is 4.09. The minimum atomic E-state index is 0.502. The molecule has 0 bridgehead atoms. The topological polar surface area (TPSA) is 12.0 Å².